The number of aryl methyl sites for hydroxylation is 1. The first-order chi connectivity index (χ1) is 8.08. The summed E-state index contributed by atoms with van der Waals surface area (Å²) in [5, 5.41) is 14.8. The van der Waals surface area contributed by atoms with Crippen molar-refractivity contribution >= 4 is 15.9 Å². The van der Waals surface area contributed by atoms with E-state index in [9.17, 15) is 5.11 Å². The second-order valence-electron chi connectivity index (χ2n) is 4.71. The van der Waals surface area contributed by atoms with Crippen molar-refractivity contribution in [1.29, 1.82) is 0 Å². The monoisotopic (exact) mass is 302 g/mol. The Morgan fingerprint density at radius 2 is 2.41 bits per heavy atom. The van der Waals surface area contributed by atoms with Gasteiger partial charge in [0.05, 0.1) is 22.0 Å². The molecule has 2 unspecified atom stereocenters. The molecule has 96 valence electrons. The highest BCUT2D eigenvalue weighted by Crippen LogP contribution is 2.38. The fourth-order valence-electron chi connectivity index (χ4n) is 2.36. The molecule has 4 nitrogen and oxygen atoms in total. The minimum absolute atomic E-state index is 0.492. The van der Waals surface area contributed by atoms with E-state index in [1.807, 2.05) is 18.5 Å². The maximum Gasteiger partial charge on any atom is 0.125 e. The molecular formula is C12H19BrN2O2. The Labute approximate surface area is 110 Å². The number of hydrogen-bond acceptors (Lipinski definition) is 3. The van der Waals surface area contributed by atoms with Crippen LogP contribution in [-0.4, -0.2) is 27.1 Å². The van der Waals surface area contributed by atoms with Crippen LogP contribution in [0.2, 0.25) is 0 Å². The van der Waals surface area contributed by atoms with Crippen molar-refractivity contribution in [3.05, 3.63) is 16.4 Å². The minimum Gasteiger partial charge on any atom is -0.384 e. The van der Waals surface area contributed by atoms with Crippen molar-refractivity contribution in [2.75, 3.05) is 6.61 Å². The largest absolute Gasteiger partial charge is 0.384 e. The smallest absolute Gasteiger partial charge is 0.125 e. The van der Waals surface area contributed by atoms with Crippen molar-refractivity contribution in [2.24, 2.45) is 0 Å². The van der Waals surface area contributed by atoms with Crippen LogP contribution in [0.5, 0.6) is 0 Å². The van der Waals surface area contributed by atoms with E-state index in [2.05, 4.69) is 21.0 Å². The lowest BCUT2D eigenvalue weighted by Gasteiger charge is -2.38. The third-order valence-electron chi connectivity index (χ3n) is 3.47. The normalized spacial score (nSPS) is 27.1. The van der Waals surface area contributed by atoms with Crippen LogP contribution >= 0.6 is 15.9 Å². The molecule has 1 aliphatic rings. The molecule has 17 heavy (non-hydrogen) atoms. The molecule has 1 fully saturated rings. The van der Waals surface area contributed by atoms with Crippen LogP contribution in [0.4, 0.5) is 0 Å². The molecule has 2 rings (SSSR count). The zero-order chi connectivity index (χ0) is 12.5. The van der Waals surface area contributed by atoms with Crippen LogP contribution in [0.25, 0.3) is 0 Å². The molecule has 2 atom stereocenters. The average Bonchev–Trinajstić information content (AvgIpc) is 2.70. The molecule has 1 saturated heterocycles. The van der Waals surface area contributed by atoms with Crippen molar-refractivity contribution in [2.45, 2.75) is 51.4 Å². The predicted molar refractivity (Wildman–Crippen MR) is 68.8 cm³/mol. The lowest BCUT2D eigenvalue weighted by Crippen LogP contribution is -2.40. The van der Waals surface area contributed by atoms with E-state index in [1.54, 1.807) is 6.20 Å². The highest BCUT2D eigenvalue weighted by Gasteiger charge is 2.39. The van der Waals surface area contributed by atoms with Gasteiger partial charge in [0, 0.05) is 13.2 Å². The van der Waals surface area contributed by atoms with Gasteiger partial charge in [-0.15, -0.1) is 0 Å². The molecule has 0 bridgehead atoms. The fourth-order valence-corrected chi connectivity index (χ4v) is 2.87. The number of aliphatic hydroxyl groups is 1. The second kappa shape index (κ2) is 5.08. The first-order valence-electron chi connectivity index (χ1n) is 6.11. The Balaban J connectivity index is 2.28. The van der Waals surface area contributed by atoms with E-state index in [4.69, 9.17) is 4.74 Å². The van der Waals surface area contributed by atoms with Gasteiger partial charge in [0.25, 0.3) is 0 Å². The van der Waals surface area contributed by atoms with E-state index in [1.165, 1.54) is 0 Å². The van der Waals surface area contributed by atoms with Crippen molar-refractivity contribution < 1.29 is 9.84 Å². The van der Waals surface area contributed by atoms with E-state index in [-0.39, 0.29) is 0 Å². The van der Waals surface area contributed by atoms with Gasteiger partial charge in [-0.05, 0) is 49.0 Å². The first kappa shape index (κ1) is 13.1. The molecule has 1 N–H and O–H groups in total. The van der Waals surface area contributed by atoms with Gasteiger partial charge in [-0.25, -0.2) is 0 Å². The van der Waals surface area contributed by atoms with Crippen LogP contribution in [0.3, 0.4) is 0 Å². The summed E-state index contributed by atoms with van der Waals surface area (Å²) < 4.78 is 8.46. The Morgan fingerprint density at radius 3 is 3.00 bits per heavy atom. The van der Waals surface area contributed by atoms with Crippen LogP contribution in [0.15, 0.2) is 10.7 Å². The molecule has 0 spiro atoms. The molecule has 2 heterocycles. The van der Waals surface area contributed by atoms with Crippen molar-refractivity contribution in [3.63, 3.8) is 0 Å². The van der Waals surface area contributed by atoms with Gasteiger partial charge in [-0.1, -0.05) is 0 Å². The van der Waals surface area contributed by atoms with Gasteiger partial charge in [0.15, 0.2) is 0 Å². The van der Waals surface area contributed by atoms with Gasteiger partial charge >= 0.3 is 0 Å². The molecule has 1 aromatic rings. The first-order valence-corrected chi connectivity index (χ1v) is 6.91. The number of hydrogen-bond donors (Lipinski definition) is 1. The Morgan fingerprint density at radius 1 is 1.65 bits per heavy atom. The standard InChI is InChI=1S/C12H19BrN2O2/c1-3-15-10(9(13)8-14-15)11(16)12(2)6-4-5-7-17-12/h8,11,16H,3-7H2,1-2H3. The summed E-state index contributed by atoms with van der Waals surface area (Å²) in [6.45, 7) is 5.47. The fraction of sp³-hybridized carbons (Fsp3) is 0.750. The van der Waals surface area contributed by atoms with E-state index < -0.39 is 11.7 Å². The van der Waals surface area contributed by atoms with Gasteiger partial charge < -0.3 is 9.84 Å². The van der Waals surface area contributed by atoms with Crippen LogP contribution < -0.4 is 0 Å². The second-order valence-corrected chi connectivity index (χ2v) is 5.57. The summed E-state index contributed by atoms with van der Waals surface area (Å²) in [6.07, 6.45) is 4.16. The number of rotatable bonds is 3. The summed E-state index contributed by atoms with van der Waals surface area (Å²) in [7, 11) is 0. The summed E-state index contributed by atoms with van der Waals surface area (Å²) in [5.74, 6) is 0. The Kier molecular flexibility index (Phi) is 3.90. The highest BCUT2D eigenvalue weighted by molar-refractivity contribution is 9.10. The third kappa shape index (κ3) is 2.41. The van der Waals surface area contributed by atoms with E-state index >= 15 is 0 Å². The molecular weight excluding hydrogens is 284 g/mol. The summed E-state index contributed by atoms with van der Waals surface area (Å²) >= 11 is 3.45. The average molecular weight is 303 g/mol. The highest BCUT2D eigenvalue weighted by atomic mass is 79.9. The van der Waals surface area contributed by atoms with Crippen molar-refractivity contribution in [1.82, 2.24) is 9.78 Å². The van der Waals surface area contributed by atoms with Crippen LogP contribution in [-0.2, 0) is 11.3 Å². The summed E-state index contributed by atoms with van der Waals surface area (Å²) in [6, 6.07) is 0. The SMILES string of the molecule is CCn1ncc(Br)c1C(O)C1(C)CCCCO1. The maximum atomic E-state index is 10.6. The van der Waals surface area contributed by atoms with Gasteiger partial charge in [-0.2, -0.15) is 5.10 Å². The molecule has 0 aromatic carbocycles. The van der Waals surface area contributed by atoms with Crippen LogP contribution in [0.1, 0.15) is 44.9 Å². The number of nitrogens with zero attached hydrogens (tertiary/aromatic N) is 2. The lowest BCUT2D eigenvalue weighted by atomic mass is 9.88. The van der Waals surface area contributed by atoms with Gasteiger partial charge in [0.1, 0.15) is 6.10 Å². The zero-order valence-corrected chi connectivity index (χ0v) is 11.9. The number of halogens is 1. The number of aromatic nitrogens is 2. The van der Waals surface area contributed by atoms with Crippen LogP contribution in [0, 0.1) is 0 Å². The molecule has 0 aliphatic carbocycles. The predicted octanol–water partition coefficient (Wildman–Crippen LogP) is 2.66. The Hall–Kier alpha value is -0.390. The molecule has 1 aromatic heterocycles. The van der Waals surface area contributed by atoms with Crippen molar-refractivity contribution in [3.8, 4) is 0 Å². The summed E-state index contributed by atoms with van der Waals surface area (Å²) in [4.78, 5) is 0. The molecule has 0 amide bonds. The minimum atomic E-state index is -0.639. The number of aliphatic hydroxyl groups excluding tert-OH is 1. The van der Waals surface area contributed by atoms with Gasteiger partial charge in [0.2, 0.25) is 0 Å². The molecule has 0 radical (unpaired) electrons. The van der Waals surface area contributed by atoms with E-state index in [0.717, 1.165) is 42.6 Å². The number of ether oxygens (including phenoxy) is 1. The quantitative estimate of drug-likeness (QED) is 0.934. The molecule has 1 aliphatic heterocycles. The third-order valence-corrected chi connectivity index (χ3v) is 4.08. The molecule has 0 saturated carbocycles. The Bertz CT molecular complexity index is 386. The summed E-state index contributed by atoms with van der Waals surface area (Å²) in [5.41, 5.74) is 0.324. The topological polar surface area (TPSA) is 47.3 Å². The zero-order valence-electron chi connectivity index (χ0n) is 10.3. The van der Waals surface area contributed by atoms with E-state index in [0.29, 0.717) is 0 Å². The molecule has 5 heteroatoms. The maximum absolute atomic E-state index is 10.6. The van der Waals surface area contributed by atoms with Gasteiger partial charge in [-0.3, -0.25) is 4.68 Å². The lowest BCUT2D eigenvalue weighted by molar-refractivity contribution is -0.140.